The lowest BCUT2D eigenvalue weighted by Gasteiger charge is -2.06. The summed E-state index contributed by atoms with van der Waals surface area (Å²) < 4.78 is 7.19. The van der Waals surface area contributed by atoms with Gasteiger partial charge < -0.3 is 15.9 Å². The summed E-state index contributed by atoms with van der Waals surface area (Å²) in [6, 6.07) is 5.95. The molecule has 0 bridgehead atoms. The van der Waals surface area contributed by atoms with Gasteiger partial charge in [-0.3, -0.25) is 0 Å². The predicted octanol–water partition coefficient (Wildman–Crippen LogP) is 2.69. The van der Waals surface area contributed by atoms with Gasteiger partial charge in [0.2, 0.25) is 5.95 Å². The van der Waals surface area contributed by atoms with Crippen molar-refractivity contribution in [1.82, 2.24) is 24.7 Å². The molecule has 0 aliphatic rings. The molecule has 0 aliphatic carbocycles. The lowest BCUT2D eigenvalue weighted by Crippen LogP contribution is -2.05. The van der Waals surface area contributed by atoms with E-state index in [-0.39, 0.29) is 18.0 Å². The van der Waals surface area contributed by atoms with Crippen LogP contribution in [0.2, 0.25) is 0 Å². The molecule has 0 spiro atoms. The molecule has 122 valence electrons. The molecular weight excluding hydrogens is 306 g/mol. The summed E-state index contributed by atoms with van der Waals surface area (Å²) in [7, 11) is 0. The molecule has 0 radical (unpaired) electrons. The Morgan fingerprint density at radius 3 is 2.67 bits per heavy atom. The minimum Gasteiger partial charge on any atom is -0.424 e. The molecule has 4 aromatic rings. The first kappa shape index (κ1) is 14.4. The van der Waals surface area contributed by atoms with E-state index in [1.807, 2.05) is 43.7 Å². The molecule has 0 unspecified atom stereocenters. The maximum absolute atomic E-state index is 5.82. The largest absolute Gasteiger partial charge is 0.424 e. The smallest absolute Gasteiger partial charge is 0.292 e. The van der Waals surface area contributed by atoms with Gasteiger partial charge in [0.05, 0.1) is 11.1 Å². The summed E-state index contributed by atoms with van der Waals surface area (Å²) in [6.07, 6.45) is 0. The topological polar surface area (TPSA) is 122 Å². The molecule has 0 saturated carbocycles. The summed E-state index contributed by atoms with van der Waals surface area (Å²) >= 11 is 0. The maximum Gasteiger partial charge on any atom is 0.292 e. The minimum absolute atomic E-state index is 0.140. The number of nitrogens with two attached hydrogens (primary N) is 2. The lowest BCUT2D eigenvalue weighted by molar-refractivity contribution is 0.548. The molecule has 0 atom stereocenters. The fraction of sp³-hybridized carbons (Fsp3) is 0.250. The molecular formula is C16H17N7O. The highest BCUT2D eigenvalue weighted by atomic mass is 16.4. The number of nitrogens with zero attached hydrogens (tertiary/aromatic N) is 5. The van der Waals surface area contributed by atoms with Crippen LogP contribution in [0.4, 0.5) is 12.0 Å². The van der Waals surface area contributed by atoms with E-state index in [4.69, 9.17) is 21.0 Å². The van der Waals surface area contributed by atoms with Crippen LogP contribution in [0.15, 0.2) is 22.6 Å². The van der Waals surface area contributed by atoms with Gasteiger partial charge in [-0.05, 0) is 39.0 Å². The second kappa shape index (κ2) is 4.92. The van der Waals surface area contributed by atoms with Gasteiger partial charge in [-0.1, -0.05) is 0 Å². The number of nitrogen functional groups attached to an aromatic ring is 2. The number of hydrogen-bond donors (Lipinski definition) is 2. The summed E-state index contributed by atoms with van der Waals surface area (Å²) in [4.78, 5) is 12.9. The van der Waals surface area contributed by atoms with E-state index in [2.05, 4.69) is 15.0 Å². The third kappa shape index (κ3) is 2.07. The van der Waals surface area contributed by atoms with Crippen molar-refractivity contribution in [3.05, 3.63) is 23.9 Å². The molecule has 3 heterocycles. The second-order valence-corrected chi connectivity index (χ2v) is 5.99. The molecule has 0 fully saturated rings. The standard InChI is InChI=1S/C16H17N7O/c1-7(2)23-14-12(8(3)19-15(17)21-14)13(22-23)9-4-5-11-10(6-9)20-16(18)24-11/h4-7H,1-3H3,(H2,18,20)(H2,17,19,21). The first-order valence-electron chi connectivity index (χ1n) is 7.63. The van der Waals surface area contributed by atoms with E-state index in [9.17, 15) is 0 Å². The van der Waals surface area contributed by atoms with Crippen molar-refractivity contribution in [3.8, 4) is 11.3 Å². The Labute approximate surface area is 137 Å². The van der Waals surface area contributed by atoms with Crippen LogP contribution in [-0.2, 0) is 0 Å². The van der Waals surface area contributed by atoms with Crippen molar-refractivity contribution >= 4 is 34.1 Å². The van der Waals surface area contributed by atoms with Crippen molar-refractivity contribution in [2.75, 3.05) is 11.5 Å². The Hall–Kier alpha value is -3.16. The number of aryl methyl sites for hydroxylation is 1. The number of anilines is 2. The highest BCUT2D eigenvalue weighted by Gasteiger charge is 2.19. The molecule has 4 rings (SSSR count). The highest BCUT2D eigenvalue weighted by Crippen LogP contribution is 2.32. The molecule has 0 amide bonds. The molecule has 1 aromatic carbocycles. The third-order valence-corrected chi connectivity index (χ3v) is 3.92. The Morgan fingerprint density at radius 1 is 1.12 bits per heavy atom. The van der Waals surface area contributed by atoms with Gasteiger partial charge in [0.25, 0.3) is 6.01 Å². The zero-order valence-electron chi connectivity index (χ0n) is 13.6. The SMILES string of the molecule is Cc1nc(N)nc2c1c(-c1ccc3oc(N)nc3c1)nn2C(C)C. The number of fused-ring (bicyclic) bond motifs is 2. The Kier molecular flexibility index (Phi) is 2.96. The summed E-state index contributed by atoms with van der Waals surface area (Å²) in [5, 5.41) is 5.63. The van der Waals surface area contributed by atoms with E-state index in [1.165, 1.54) is 0 Å². The van der Waals surface area contributed by atoms with E-state index in [1.54, 1.807) is 0 Å². The average Bonchev–Trinajstić information content (AvgIpc) is 3.05. The van der Waals surface area contributed by atoms with Gasteiger partial charge in [0, 0.05) is 11.6 Å². The van der Waals surface area contributed by atoms with E-state index < -0.39 is 0 Å². The van der Waals surface area contributed by atoms with E-state index >= 15 is 0 Å². The molecule has 24 heavy (non-hydrogen) atoms. The number of hydrogen-bond acceptors (Lipinski definition) is 7. The van der Waals surface area contributed by atoms with Crippen LogP contribution in [-0.4, -0.2) is 24.7 Å². The van der Waals surface area contributed by atoms with Crippen LogP contribution in [0.25, 0.3) is 33.4 Å². The number of rotatable bonds is 2. The lowest BCUT2D eigenvalue weighted by atomic mass is 10.1. The molecule has 3 aromatic heterocycles. The summed E-state index contributed by atoms with van der Waals surface area (Å²) in [6.45, 7) is 6.00. The van der Waals surface area contributed by atoms with Gasteiger partial charge in [-0.25, -0.2) is 9.67 Å². The predicted molar refractivity (Wildman–Crippen MR) is 92.3 cm³/mol. The Balaban J connectivity index is 2.04. The Bertz CT molecular complexity index is 1080. The van der Waals surface area contributed by atoms with Gasteiger partial charge in [-0.15, -0.1) is 0 Å². The van der Waals surface area contributed by atoms with Crippen molar-refractivity contribution in [3.63, 3.8) is 0 Å². The molecule has 8 nitrogen and oxygen atoms in total. The highest BCUT2D eigenvalue weighted by molar-refractivity contribution is 5.95. The average molecular weight is 323 g/mol. The quantitative estimate of drug-likeness (QED) is 0.581. The molecule has 4 N–H and O–H groups in total. The monoisotopic (exact) mass is 323 g/mol. The first-order valence-corrected chi connectivity index (χ1v) is 7.63. The summed E-state index contributed by atoms with van der Waals surface area (Å²) in [5.41, 5.74) is 16.0. The minimum atomic E-state index is 0.140. The molecule has 8 heteroatoms. The molecule has 0 saturated heterocycles. The van der Waals surface area contributed by atoms with Crippen LogP contribution in [0.3, 0.4) is 0 Å². The number of benzene rings is 1. The fourth-order valence-corrected chi connectivity index (χ4v) is 2.88. The maximum atomic E-state index is 5.82. The van der Waals surface area contributed by atoms with Crippen LogP contribution in [0.5, 0.6) is 0 Å². The Morgan fingerprint density at radius 2 is 1.92 bits per heavy atom. The van der Waals surface area contributed by atoms with Gasteiger partial charge in [0.15, 0.2) is 11.2 Å². The van der Waals surface area contributed by atoms with Gasteiger partial charge in [0.1, 0.15) is 11.2 Å². The summed E-state index contributed by atoms with van der Waals surface area (Å²) in [5.74, 6) is 0.244. The van der Waals surface area contributed by atoms with Crippen LogP contribution in [0.1, 0.15) is 25.6 Å². The van der Waals surface area contributed by atoms with Crippen LogP contribution in [0, 0.1) is 6.92 Å². The molecule has 0 aliphatic heterocycles. The third-order valence-electron chi connectivity index (χ3n) is 3.92. The fourth-order valence-electron chi connectivity index (χ4n) is 2.88. The van der Waals surface area contributed by atoms with Crippen molar-refractivity contribution in [1.29, 1.82) is 0 Å². The normalized spacial score (nSPS) is 11.8. The van der Waals surface area contributed by atoms with Crippen LogP contribution < -0.4 is 11.5 Å². The van der Waals surface area contributed by atoms with Crippen molar-refractivity contribution < 1.29 is 4.42 Å². The van der Waals surface area contributed by atoms with Crippen molar-refractivity contribution in [2.45, 2.75) is 26.8 Å². The first-order chi connectivity index (χ1) is 11.4. The second-order valence-electron chi connectivity index (χ2n) is 5.99. The van der Waals surface area contributed by atoms with E-state index in [0.29, 0.717) is 11.1 Å². The zero-order valence-corrected chi connectivity index (χ0v) is 13.6. The van der Waals surface area contributed by atoms with Crippen LogP contribution >= 0.6 is 0 Å². The number of aromatic nitrogens is 5. The van der Waals surface area contributed by atoms with Gasteiger partial charge >= 0.3 is 0 Å². The van der Waals surface area contributed by atoms with Gasteiger partial charge in [-0.2, -0.15) is 15.1 Å². The zero-order chi connectivity index (χ0) is 17.0. The van der Waals surface area contributed by atoms with E-state index in [0.717, 1.165) is 28.0 Å². The number of oxazole rings is 1. The van der Waals surface area contributed by atoms with Crippen molar-refractivity contribution in [2.24, 2.45) is 0 Å².